The SMILES string of the molecule is O=C(O)c1ccc(CCc2ccccc2)cc1Nc1cnc2ccccc2c1. The van der Waals surface area contributed by atoms with Crippen molar-refractivity contribution in [2.75, 3.05) is 5.32 Å². The van der Waals surface area contributed by atoms with E-state index in [9.17, 15) is 9.90 Å². The van der Waals surface area contributed by atoms with Crippen LogP contribution in [-0.2, 0) is 12.8 Å². The van der Waals surface area contributed by atoms with Crippen LogP contribution in [0.3, 0.4) is 0 Å². The summed E-state index contributed by atoms with van der Waals surface area (Å²) in [6, 6.07) is 25.6. The normalized spacial score (nSPS) is 10.7. The van der Waals surface area contributed by atoms with Crippen molar-refractivity contribution in [3.63, 3.8) is 0 Å². The van der Waals surface area contributed by atoms with E-state index in [1.807, 2.05) is 60.7 Å². The Balaban J connectivity index is 1.60. The summed E-state index contributed by atoms with van der Waals surface area (Å²) in [5.74, 6) is -0.953. The predicted molar refractivity (Wildman–Crippen MR) is 112 cm³/mol. The van der Waals surface area contributed by atoms with Gasteiger partial charge in [-0.25, -0.2) is 4.79 Å². The Morgan fingerprint density at radius 2 is 1.61 bits per heavy atom. The van der Waals surface area contributed by atoms with Crippen molar-refractivity contribution in [3.8, 4) is 0 Å². The van der Waals surface area contributed by atoms with E-state index < -0.39 is 5.97 Å². The van der Waals surface area contributed by atoms with Crippen LogP contribution in [0, 0.1) is 0 Å². The molecule has 0 radical (unpaired) electrons. The first-order chi connectivity index (χ1) is 13.7. The fraction of sp³-hybridized carbons (Fsp3) is 0.0833. The lowest BCUT2D eigenvalue weighted by atomic mass is 10.0. The molecule has 4 heteroatoms. The molecule has 0 aliphatic rings. The number of fused-ring (bicyclic) bond motifs is 1. The lowest BCUT2D eigenvalue weighted by Crippen LogP contribution is -2.04. The second-order valence-corrected chi connectivity index (χ2v) is 6.71. The van der Waals surface area contributed by atoms with Gasteiger partial charge >= 0.3 is 5.97 Å². The molecule has 0 spiro atoms. The summed E-state index contributed by atoms with van der Waals surface area (Å²) < 4.78 is 0. The van der Waals surface area contributed by atoms with Gasteiger partial charge in [-0.3, -0.25) is 4.98 Å². The van der Waals surface area contributed by atoms with Gasteiger partial charge in [0.15, 0.2) is 0 Å². The first-order valence-electron chi connectivity index (χ1n) is 9.21. The monoisotopic (exact) mass is 368 g/mol. The molecule has 3 aromatic carbocycles. The number of para-hydroxylation sites is 1. The third-order valence-corrected chi connectivity index (χ3v) is 4.73. The lowest BCUT2D eigenvalue weighted by molar-refractivity contribution is 0.0698. The second kappa shape index (κ2) is 7.92. The van der Waals surface area contributed by atoms with Gasteiger partial charge in [0.25, 0.3) is 0 Å². The van der Waals surface area contributed by atoms with Gasteiger partial charge in [0.1, 0.15) is 0 Å². The number of carbonyl (C=O) groups is 1. The van der Waals surface area contributed by atoms with Gasteiger partial charge in [0.2, 0.25) is 0 Å². The summed E-state index contributed by atoms with van der Waals surface area (Å²) >= 11 is 0. The fourth-order valence-corrected chi connectivity index (χ4v) is 3.27. The molecule has 1 heterocycles. The summed E-state index contributed by atoms with van der Waals surface area (Å²) in [7, 11) is 0. The zero-order valence-corrected chi connectivity index (χ0v) is 15.3. The lowest BCUT2D eigenvalue weighted by Gasteiger charge is -2.12. The van der Waals surface area contributed by atoms with Gasteiger partial charge in [0, 0.05) is 5.39 Å². The molecular weight excluding hydrogens is 348 g/mol. The third-order valence-electron chi connectivity index (χ3n) is 4.73. The Labute approximate surface area is 163 Å². The minimum absolute atomic E-state index is 0.247. The molecule has 0 amide bonds. The molecule has 138 valence electrons. The highest BCUT2D eigenvalue weighted by atomic mass is 16.4. The van der Waals surface area contributed by atoms with Gasteiger partial charge in [-0.05, 0) is 48.2 Å². The Morgan fingerprint density at radius 3 is 2.43 bits per heavy atom. The van der Waals surface area contributed by atoms with Crippen LogP contribution in [0.1, 0.15) is 21.5 Å². The van der Waals surface area contributed by atoms with Crippen LogP contribution < -0.4 is 5.32 Å². The standard InChI is InChI=1S/C24H20N2O2/c27-24(28)21-13-12-18(11-10-17-6-2-1-3-7-17)14-23(21)26-20-15-19-8-4-5-9-22(19)25-16-20/h1-9,12-16,26H,10-11H2,(H,27,28). The molecule has 28 heavy (non-hydrogen) atoms. The predicted octanol–water partition coefficient (Wildman–Crippen LogP) is 5.46. The molecule has 0 aliphatic heterocycles. The first-order valence-corrected chi connectivity index (χ1v) is 9.21. The van der Waals surface area contributed by atoms with Crippen LogP contribution in [0.15, 0.2) is 85.1 Å². The topological polar surface area (TPSA) is 62.2 Å². The highest BCUT2D eigenvalue weighted by molar-refractivity contribution is 5.95. The number of nitrogens with zero attached hydrogens (tertiary/aromatic N) is 1. The molecule has 0 aliphatic carbocycles. The van der Waals surface area contributed by atoms with E-state index in [0.29, 0.717) is 5.69 Å². The van der Waals surface area contributed by atoms with Gasteiger partial charge in [-0.15, -0.1) is 0 Å². The molecule has 0 atom stereocenters. The largest absolute Gasteiger partial charge is 0.478 e. The third kappa shape index (κ3) is 4.01. The molecule has 4 nitrogen and oxygen atoms in total. The number of benzene rings is 3. The van der Waals surface area contributed by atoms with Crippen LogP contribution >= 0.6 is 0 Å². The van der Waals surface area contributed by atoms with E-state index in [1.165, 1.54) is 5.56 Å². The molecule has 4 aromatic rings. The number of anilines is 2. The van der Waals surface area contributed by atoms with Gasteiger partial charge < -0.3 is 10.4 Å². The summed E-state index contributed by atoms with van der Waals surface area (Å²) in [5, 5.41) is 13.8. The van der Waals surface area contributed by atoms with E-state index in [2.05, 4.69) is 22.4 Å². The van der Waals surface area contributed by atoms with Crippen LogP contribution in [0.2, 0.25) is 0 Å². The number of hydrogen-bond donors (Lipinski definition) is 2. The molecule has 0 saturated heterocycles. The summed E-state index contributed by atoms with van der Waals surface area (Å²) in [6.07, 6.45) is 3.48. The summed E-state index contributed by atoms with van der Waals surface area (Å²) in [4.78, 5) is 16.1. The van der Waals surface area contributed by atoms with Crippen molar-refractivity contribution in [3.05, 3.63) is 102 Å². The van der Waals surface area contributed by atoms with E-state index >= 15 is 0 Å². The zero-order valence-electron chi connectivity index (χ0n) is 15.3. The number of rotatable bonds is 6. The number of pyridine rings is 1. The van der Waals surface area contributed by atoms with Crippen molar-refractivity contribution >= 4 is 28.2 Å². The highest BCUT2D eigenvalue weighted by Crippen LogP contribution is 2.25. The van der Waals surface area contributed by atoms with Crippen molar-refractivity contribution in [1.29, 1.82) is 0 Å². The second-order valence-electron chi connectivity index (χ2n) is 6.71. The quantitative estimate of drug-likeness (QED) is 0.474. The number of aryl methyl sites for hydroxylation is 2. The maximum absolute atomic E-state index is 11.7. The van der Waals surface area contributed by atoms with Crippen molar-refractivity contribution in [2.45, 2.75) is 12.8 Å². The maximum atomic E-state index is 11.7. The Bertz CT molecular complexity index is 1120. The van der Waals surface area contributed by atoms with Gasteiger partial charge in [-0.2, -0.15) is 0 Å². The molecule has 0 fully saturated rings. The molecule has 0 bridgehead atoms. The van der Waals surface area contributed by atoms with Crippen LogP contribution in [0.5, 0.6) is 0 Å². The van der Waals surface area contributed by atoms with Crippen molar-refractivity contribution in [2.24, 2.45) is 0 Å². The van der Waals surface area contributed by atoms with Crippen LogP contribution in [-0.4, -0.2) is 16.1 Å². The minimum Gasteiger partial charge on any atom is -0.478 e. The molecule has 1 aromatic heterocycles. The Hall–Kier alpha value is -3.66. The molecule has 0 saturated carbocycles. The number of nitrogens with one attached hydrogen (secondary N) is 1. The van der Waals surface area contributed by atoms with E-state index in [-0.39, 0.29) is 5.56 Å². The number of aromatic carboxylic acids is 1. The molecular formula is C24H20N2O2. The van der Waals surface area contributed by atoms with Crippen LogP contribution in [0.4, 0.5) is 11.4 Å². The average molecular weight is 368 g/mol. The fourth-order valence-electron chi connectivity index (χ4n) is 3.27. The van der Waals surface area contributed by atoms with E-state index in [4.69, 9.17) is 0 Å². The van der Waals surface area contributed by atoms with Gasteiger partial charge in [0.05, 0.1) is 28.7 Å². The maximum Gasteiger partial charge on any atom is 0.337 e. The molecule has 2 N–H and O–H groups in total. The van der Waals surface area contributed by atoms with Crippen molar-refractivity contribution < 1.29 is 9.90 Å². The first kappa shape index (κ1) is 17.7. The molecule has 0 unspecified atom stereocenters. The smallest absolute Gasteiger partial charge is 0.337 e. The summed E-state index contributed by atoms with van der Waals surface area (Å²) in [6.45, 7) is 0. The number of carboxylic acids is 1. The van der Waals surface area contributed by atoms with Crippen molar-refractivity contribution in [1.82, 2.24) is 4.98 Å². The Kier molecular flexibility index (Phi) is 5.02. The molecule has 4 rings (SSSR count). The van der Waals surface area contributed by atoms with Gasteiger partial charge in [-0.1, -0.05) is 54.6 Å². The van der Waals surface area contributed by atoms with E-state index in [0.717, 1.165) is 35.0 Å². The number of aromatic nitrogens is 1. The highest BCUT2D eigenvalue weighted by Gasteiger charge is 2.12. The number of hydrogen-bond acceptors (Lipinski definition) is 3. The Morgan fingerprint density at radius 1 is 0.857 bits per heavy atom. The summed E-state index contributed by atoms with van der Waals surface area (Å²) in [5.41, 5.74) is 4.85. The number of carboxylic acid groups (broad SMARTS) is 1. The zero-order chi connectivity index (χ0) is 19.3. The van der Waals surface area contributed by atoms with Crippen LogP contribution in [0.25, 0.3) is 10.9 Å². The minimum atomic E-state index is -0.953. The average Bonchev–Trinajstić information content (AvgIpc) is 2.73. The van der Waals surface area contributed by atoms with E-state index in [1.54, 1.807) is 12.3 Å².